The Bertz CT molecular complexity index is 799. The third kappa shape index (κ3) is 6.15. The smallest absolute Gasteiger partial charge is 0.387 e. The molecule has 3 rings (SSSR count). The van der Waals surface area contributed by atoms with Crippen LogP contribution < -0.4 is 10.1 Å². The summed E-state index contributed by atoms with van der Waals surface area (Å²) in [5.41, 5.74) is 1.40. The average molecular weight is 410 g/mol. The molecule has 0 unspecified atom stereocenters. The Morgan fingerprint density at radius 3 is 2.50 bits per heavy atom. The number of alkyl halides is 2. The normalized spacial score (nSPS) is 15.6. The van der Waals surface area contributed by atoms with Crippen LogP contribution in [0.1, 0.15) is 5.56 Å². The number of halogens is 3. The fourth-order valence-corrected chi connectivity index (χ4v) is 3.37. The summed E-state index contributed by atoms with van der Waals surface area (Å²) in [4.78, 5) is 16.7. The number of hydrogen-bond acceptors (Lipinski definition) is 4. The van der Waals surface area contributed by atoms with E-state index in [-0.39, 0.29) is 23.9 Å². The van der Waals surface area contributed by atoms with E-state index >= 15 is 0 Å². The van der Waals surface area contributed by atoms with Crippen molar-refractivity contribution in [3.8, 4) is 5.75 Å². The van der Waals surface area contributed by atoms with Crippen LogP contribution in [0.25, 0.3) is 0 Å². The van der Waals surface area contributed by atoms with Gasteiger partial charge in [-0.15, -0.1) is 0 Å². The van der Waals surface area contributed by atoms with Crippen molar-refractivity contribution in [2.45, 2.75) is 13.2 Å². The molecule has 1 aliphatic rings. The van der Waals surface area contributed by atoms with Gasteiger partial charge in [-0.05, 0) is 29.8 Å². The van der Waals surface area contributed by atoms with Gasteiger partial charge in [0.05, 0.1) is 12.2 Å². The van der Waals surface area contributed by atoms with Gasteiger partial charge in [-0.1, -0.05) is 35.9 Å². The van der Waals surface area contributed by atoms with Crippen molar-refractivity contribution in [3.63, 3.8) is 0 Å². The number of nitrogens with zero attached hydrogens (tertiary/aromatic N) is 2. The number of benzene rings is 2. The minimum Gasteiger partial charge on any atom is -0.433 e. The van der Waals surface area contributed by atoms with Crippen molar-refractivity contribution in [1.29, 1.82) is 0 Å². The largest absolute Gasteiger partial charge is 0.433 e. The molecule has 28 heavy (non-hydrogen) atoms. The molecule has 0 atom stereocenters. The quantitative estimate of drug-likeness (QED) is 0.757. The SMILES string of the molecule is O=C(CN1CCN(Cc2cccc(Cl)c2)CC1)Nc1ccccc1OC(F)F. The summed E-state index contributed by atoms with van der Waals surface area (Å²) < 4.78 is 29.4. The molecule has 0 spiro atoms. The van der Waals surface area contributed by atoms with E-state index in [2.05, 4.69) is 15.0 Å². The summed E-state index contributed by atoms with van der Waals surface area (Å²) in [7, 11) is 0. The topological polar surface area (TPSA) is 44.8 Å². The number of piperazine rings is 1. The van der Waals surface area contributed by atoms with E-state index in [4.69, 9.17) is 11.6 Å². The number of ether oxygens (including phenoxy) is 1. The third-order valence-electron chi connectivity index (χ3n) is 4.50. The highest BCUT2D eigenvalue weighted by Crippen LogP contribution is 2.25. The molecule has 1 saturated heterocycles. The number of amides is 1. The van der Waals surface area contributed by atoms with Crippen LogP contribution in [0.4, 0.5) is 14.5 Å². The molecule has 150 valence electrons. The van der Waals surface area contributed by atoms with Crippen molar-refractivity contribution in [2.75, 3.05) is 38.0 Å². The molecule has 1 heterocycles. The second-order valence-corrected chi connectivity index (χ2v) is 7.04. The van der Waals surface area contributed by atoms with E-state index in [1.54, 1.807) is 18.2 Å². The zero-order valence-electron chi connectivity index (χ0n) is 15.3. The van der Waals surface area contributed by atoms with Crippen LogP contribution in [0.2, 0.25) is 5.02 Å². The highest BCUT2D eigenvalue weighted by atomic mass is 35.5. The second-order valence-electron chi connectivity index (χ2n) is 6.61. The van der Waals surface area contributed by atoms with Crippen LogP contribution in [0.3, 0.4) is 0 Å². The Balaban J connectivity index is 1.46. The van der Waals surface area contributed by atoms with Gasteiger partial charge in [0.25, 0.3) is 0 Å². The third-order valence-corrected chi connectivity index (χ3v) is 4.74. The maximum absolute atomic E-state index is 12.5. The number of nitrogens with one attached hydrogen (secondary N) is 1. The van der Waals surface area contributed by atoms with Gasteiger partial charge < -0.3 is 10.1 Å². The Labute approximate surface area is 167 Å². The zero-order chi connectivity index (χ0) is 19.9. The molecular formula is C20H22ClF2N3O2. The van der Waals surface area contributed by atoms with Gasteiger partial charge in [-0.2, -0.15) is 8.78 Å². The summed E-state index contributed by atoms with van der Waals surface area (Å²) in [5.74, 6) is -0.300. The van der Waals surface area contributed by atoms with E-state index in [9.17, 15) is 13.6 Å². The van der Waals surface area contributed by atoms with Crippen LogP contribution in [0, 0.1) is 0 Å². The fourth-order valence-electron chi connectivity index (χ4n) is 3.16. The van der Waals surface area contributed by atoms with Gasteiger partial charge in [-0.3, -0.25) is 14.6 Å². The number of carbonyl (C=O) groups excluding carboxylic acids is 1. The highest BCUT2D eigenvalue weighted by Gasteiger charge is 2.20. The molecule has 1 amide bonds. The lowest BCUT2D eigenvalue weighted by molar-refractivity contribution is -0.117. The maximum Gasteiger partial charge on any atom is 0.387 e. The first-order chi connectivity index (χ1) is 13.5. The second kappa shape index (κ2) is 9.82. The molecule has 0 saturated carbocycles. The van der Waals surface area contributed by atoms with E-state index in [0.29, 0.717) is 0 Å². The number of rotatable bonds is 7. The summed E-state index contributed by atoms with van der Waals surface area (Å²) in [5, 5.41) is 3.38. The molecule has 1 N–H and O–H groups in total. The van der Waals surface area contributed by atoms with Crippen molar-refractivity contribution >= 4 is 23.2 Å². The lowest BCUT2D eigenvalue weighted by Crippen LogP contribution is -2.48. The molecule has 1 aliphatic heterocycles. The van der Waals surface area contributed by atoms with E-state index in [0.717, 1.165) is 43.3 Å². The van der Waals surface area contributed by atoms with E-state index in [1.165, 1.54) is 6.07 Å². The number of para-hydroxylation sites is 2. The molecule has 0 aromatic heterocycles. The van der Waals surface area contributed by atoms with E-state index in [1.807, 2.05) is 29.2 Å². The molecule has 2 aromatic carbocycles. The molecule has 0 bridgehead atoms. The summed E-state index contributed by atoms with van der Waals surface area (Å²) in [6.07, 6.45) is 0. The number of anilines is 1. The van der Waals surface area contributed by atoms with Gasteiger partial charge in [0.2, 0.25) is 5.91 Å². The Hall–Kier alpha value is -2.22. The van der Waals surface area contributed by atoms with Crippen LogP contribution in [0.5, 0.6) is 5.75 Å². The van der Waals surface area contributed by atoms with Gasteiger partial charge >= 0.3 is 6.61 Å². The van der Waals surface area contributed by atoms with Crippen LogP contribution in [-0.4, -0.2) is 55.0 Å². The zero-order valence-corrected chi connectivity index (χ0v) is 16.0. The summed E-state index contributed by atoms with van der Waals surface area (Å²) in [6, 6.07) is 14.0. The van der Waals surface area contributed by atoms with Gasteiger partial charge in [0.15, 0.2) is 0 Å². The maximum atomic E-state index is 12.5. The van der Waals surface area contributed by atoms with Crippen molar-refractivity contribution in [2.24, 2.45) is 0 Å². The lowest BCUT2D eigenvalue weighted by atomic mass is 10.2. The van der Waals surface area contributed by atoms with Crippen LogP contribution in [-0.2, 0) is 11.3 Å². The minimum absolute atomic E-state index is 0.0443. The van der Waals surface area contributed by atoms with Crippen molar-refractivity contribution < 1.29 is 18.3 Å². The van der Waals surface area contributed by atoms with Gasteiger partial charge in [0.1, 0.15) is 5.75 Å². The van der Waals surface area contributed by atoms with Crippen molar-refractivity contribution in [3.05, 3.63) is 59.1 Å². The van der Waals surface area contributed by atoms with Crippen LogP contribution in [0.15, 0.2) is 48.5 Å². The average Bonchev–Trinajstić information content (AvgIpc) is 2.65. The van der Waals surface area contributed by atoms with Crippen molar-refractivity contribution in [1.82, 2.24) is 9.80 Å². The first-order valence-corrected chi connectivity index (χ1v) is 9.40. The fraction of sp³-hybridized carbons (Fsp3) is 0.350. The Kier molecular flexibility index (Phi) is 7.19. The predicted molar refractivity (Wildman–Crippen MR) is 105 cm³/mol. The van der Waals surface area contributed by atoms with E-state index < -0.39 is 6.61 Å². The molecule has 5 nitrogen and oxygen atoms in total. The Morgan fingerprint density at radius 2 is 1.79 bits per heavy atom. The standard InChI is InChI=1S/C20H22ClF2N3O2/c21-16-5-3-4-15(12-16)13-25-8-10-26(11-9-25)14-19(27)24-17-6-1-2-7-18(17)28-20(22)23/h1-7,12,20H,8-11,13-14H2,(H,24,27). The Morgan fingerprint density at radius 1 is 1.07 bits per heavy atom. The summed E-state index contributed by atoms with van der Waals surface area (Å²) >= 11 is 6.03. The summed E-state index contributed by atoms with van der Waals surface area (Å²) in [6.45, 7) is 1.26. The molecule has 8 heteroatoms. The van der Waals surface area contributed by atoms with Gasteiger partial charge in [0, 0.05) is 37.7 Å². The molecule has 1 fully saturated rings. The molecule has 0 aliphatic carbocycles. The minimum atomic E-state index is -2.94. The first-order valence-electron chi connectivity index (χ1n) is 9.02. The monoisotopic (exact) mass is 409 g/mol. The molecule has 2 aromatic rings. The number of hydrogen-bond donors (Lipinski definition) is 1. The first kappa shape index (κ1) is 20.5. The lowest BCUT2D eigenvalue weighted by Gasteiger charge is -2.34. The van der Waals surface area contributed by atoms with Crippen LogP contribution >= 0.6 is 11.6 Å². The highest BCUT2D eigenvalue weighted by molar-refractivity contribution is 6.30. The molecular weight excluding hydrogens is 388 g/mol. The molecule has 0 radical (unpaired) electrons. The number of carbonyl (C=O) groups is 1. The van der Waals surface area contributed by atoms with Gasteiger partial charge in [-0.25, -0.2) is 0 Å². The predicted octanol–water partition coefficient (Wildman–Crippen LogP) is 3.70.